The number of aliphatic hydroxyl groups is 2. The summed E-state index contributed by atoms with van der Waals surface area (Å²) in [6.45, 7) is 8.64. The minimum absolute atomic E-state index is 0.0307. The van der Waals surface area contributed by atoms with E-state index < -0.39 is 0 Å². The lowest BCUT2D eigenvalue weighted by Gasteiger charge is -2.35. The van der Waals surface area contributed by atoms with E-state index in [1.165, 1.54) is 0 Å². The second-order valence-corrected chi connectivity index (χ2v) is 3.97. The van der Waals surface area contributed by atoms with E-state index in [1.807, 2.05) is 0 Å². The molecule has 4 heteroatoms. The molecule has 1 fully saturated rings. The first-order valence-corrected chi connectivity index (χ1v) is 5.46. The molecular weight excluding hydrogens is 180 g/mol. The Morgan fingerprint density at radius 3 is 1.93 bits per heavy atom. The van der Waals surface area contributed by atoms with Gasteiger partial charge in [0, 0.05) is 51.9 Å². The highest BCUT2D eigenvalue weighted by molar-refractivity contribution is 4.73. The number of hydrogen-bond acceptors (Lipinski definition) is 4. The minimum Gasteiger partial charge on any atom is -0.396 e. The molecule has 84 valence electrons. The van der Waals surface area contributed by atoms with Crippen LogP contribution in [0.25, 0.3) is 0 Å². The third-order valence-corrected chi connectivity index (χ3v) is 2.94. The van der Waals surface area contributed by atoms with Gasteiger partial charge in [0.15, 0.2) is 0 Å². The van der Waals surface area contributed by atoms with Gasteiger partial charge in [0.25, 0.3) is 0 Å². The smallest absolute Gasteiger partial charge is 0.0493 e. The summed E-state index contributed by atoms with van der Waals surface area (Å²) in [7, 11) is 0. The second-order valence-electron chi connectivity index (χ2n) is 3.97. The fourth-order valence-electron chi connectivity index (χ4n) is 1.83. The van der Waals surface area contributed by atoms with Crippen LogP contribution in [0.2, 0.25) is 0 Å². The van der Waals surface area contributed by atoms with Gasteiger partial charge in [0.2, 0.25) is 0 Å². The van der Waals surface area contributed by atoms with E-state index in [-0.39, 0.29) is 19.1 Å². The molecule has 0 aromatic heterocycles. The number of hydrogen-bond donors (Lipinski definition) is 2. The van der Waals surface area contributed by atoms with Gasteiger partial charge < -0.3 is 20.0 Å². The van der Waals surface area contributed by atoms with Crippen LogP contribution in [0.3, 0.4) is 0 Å². The van der Waals surface area contributed by atoms with Gasteiger partial charge in [-0.3, -0.25) is 0 Å². The zero-order chi connectivity index (χ0) is 10.4. The summed E-state index contributed by atoms with van der Waals surface area (Å²) in [6, 6.07) is 0. The Morgan fingerprint density at radius 2 is 1.50 bits per heavy atom. The van der Waals surface area contributed by atoms with Gasteiger partial charge >= 0.3 is 0 Å². The van der Waals surface area contributed by atoms with Crippen LogP contribution in [-0.2, 0) is 0 Å². The lowest BCUT2D eigenvalue weighted by atomic mass is 10.1. The van der Waals surface area contributed by atoms with Crippen molar-refractivity contribution in [2.45, 2.75) is 6.92 Å². The summed E-state index contributed by atoms with van der Waals surface area (Å²) >= 11 is 0. The molecule has 0 aromatic carbocycles. The number of nitrogens with zero attached hydrogens (tertiary/aromatic N) is 2. The van der Waals surface area contributed by atoms with Crippen LogP contribution < -0.4 is 0 Å². The number of rotatable bonds is 5. The van der Waals surface area contributed by atoms with E-state index in [2.05, 4.69) is 16.7 Å². The SMILES string of the molecule is CCN1CCN(CC(CO)CO)CC1. The first-order valence-electron chi connectivity index (χ1n) is 5.46. The molecule has 0 bridgehead atoms. The molecule has 0 radical (unpaired) electrons. The van der Waals surface area contributed by atoms with E-state index in [9.17, 15) is 0 Å². The zero-order valence-electron chi connectivity index (χ0n) is 9.02. The van der Waals surface area contributed by atoms with Gasteiger partial charge in [-0.1, -0.05) is 6.92 Å². The number of piperazine rings is 1. The topological polar surface area (TPSA) is 46.9 Å². The standard InChI is InChI=1S/C10H22N2O2/c1-2-11-3-5-12(6-4-11)7-10(8-13)9-14/h10,13-14H,2-9H2,1H3. The molecule has 14 heavy (non-hydrogen) atoms. The minimum atomic E-state index is 0.0307. The van der Waals surface area contributed by atoms with Gasteiger partial charge in [0.05, 0.1) is 0 Å². The van der Waals surface area contributed by atoms with E-state index in [0.29, 0.717) is 0 Å². The van der Waals surface area contributed by atoms with E-state index in [0.717, 1.165) is 39.3 Å². The van der Waals surface area contributed by atoms with Crippen molar-refractivity contribution >= 4 is 0 Å². The van der Waals surface area contributed by atoms with Gasteiger partial charge in [0.1, 0.15) is 0 Å². The van der Waals surface area contributed by atoms with E-state index in [1.54, 1.807) is 0 Å². The molecule has 1 aliphatic heterocycles. The van der Waals surface area contributed by atoms with Crippen molar-refractivity contribution in [3.05, 3.63) is 0 Å². The Labute approximate surface area is 86.1 Å². The van der Waals surface area contributed by atoms with Crippen LogP contribution in [0.5, 0.6) is 0 Å². The Balaban J connectivity index is 2.21. The Morgan fingerprint density at radius 1 is 1.00 bits per heavy atom. The molecule has 1 rings (SSSR count). The normalized spacial score (nSPS) is 20.6. The third-order valence-electron chi connectivity index (χ3n) is 2.94. The average Bonchev–Trinajstić information content (AvgIpc) is 2.26. The summed E-state index contributed by atoms with van der Waals surface area (Å²) in [4.78, 5) is 4.74. The Kier molecular flexibility index (Phi) is 5.40. The van der Waals surface area contributed by atoms with Crippen LogP contribution in [0.1, 0.15) is 6.92 Å². The summed E-state index contributed by atoms with van der Waals surface area (Å²) in [5.41, 5.74) is 0. The lowest BCUT2D eigenvalue weighted by Crippen LogP contribution is -2.48. The molecule has 1 aliphatic rings. The number of aliphatic hydroxyl groups excluding tert-OH is 2. The second kappa shape index (κ2) is 6.35. The molecular formula is C10H22N2O2. The molecule has 0 unspecified atom stereocenters. The highest BCUT2D eigenvalue weighted by atomic mass is 16.3. The fourth-order valence-corrected chi connectivity index (χ4v) is 1.83. The summed E-state index contributed by atoms with van der Waals surface area (Å²) in [6.07, 6.45) is 0. The predicted octanol–water partition coefficient (Wildman–Crippen LogP) is -0.775. The van der Waals surface area contributed by atoms with Gasteiger partial charge in [-0.15, -0.1) is 0 Å². The first kappa shape index (κ1) is 11.9. The molecule has 0 aliphatic carbocycles. The highest BCUT2D eigenvalue weighted by Crippen LogP contribution is 2.04. The lowest BCUT2D eigenvalue weighted by molar-refractivity contribution is 0.0779. The maximum atomic E-state index is 8.96. The Bertz CT molecular complexity index is 143. The van der Waals surface area contributed by atoms with Crippen molar-refractivity contribution in [2.24, 2.45) is 5.92 Å². The third kappa shape index (κ3) is 3.53. The van der Waals surface area contributed by atoms with Crippen LogP contribution >= 0.6 is 0 Å². The van der Waals surface area contributed by atoms with Crippen LogP contribution in [0.4, 0.5) is 0 Å². The van der Waals surface area contributed by atoms with Crippen molar-refractivity contribution in [3.63, 3.8) is 0 Å². The summed E-state index contributed by atoms with van der Waals surface area (Å²) in [5.74, 6) is 0.0307. The van der Waals surface area contributed by atoms with E-state index in [4.69, 9.17) is 10.2 Å². The molecule has 0 saturated carbocycles. The van der Waals surface area contributed by atoms with Gasteiger partial charge in [-0.2, -0.15) is 0 Å². The maximum Gasteiger partial charge on any atom is 0.0493 e. The quantitative estimate of drug-likeness (QED) is 0.614. The van der Waals surface area contributed by atoms with Crippen LogP contribution in [0, 0.1) is 5.92 Å². The van der Waals surface area contributed by atoms with Crippen molar-refractivity contribution in [1.82, 2.24) is 9.80 Å². The summed E-state index contributed by atoms with van der Waals surface area (Å²) < 4.78 is 0. The monoisotopic (exact) mass is 202 g/mol. The van der Waals surface area contributed by atoms with Crippen molar-refractivity contribution < 1.29 is 10.2 Å². The maximum absolute atomic E-state index is 8.96. The molecule has 0 aromatic rings. The molecule has 4 nitrogen and oxygen atoms in total. The molecule has 1 saturated heterocycles. The van der Waals surface area contributed by atoms with Crippen molar-refractivity contribution in [2.75, 3.05) is 52.5 Å². The largest absolute Gasteiger partial charge is 0.396 e. The van der Waals surface area contributed by atoms with Gasteiger partial charge in [-0.05, 0) is 6.54 Å². The van der Waals surface area contributed by atoms with Crippen LogP contribution in [-0.4, -0.2) is 72.5 Å². The van der Waals surface area contributed by atoms with Crippen molar-refractivity contribution in [3.8, 4) is 0 Å². The summed E-state index contributed by atoms with van der Waals surface area (Å²) in [5, 5.41) is 17.9. The van der Waals surface area contributed by atoms with Gasteiger partial charge in [-0.25, -0.2) is 0 Å². The van der Waals surface area contributed by atoms with Crippen LogP contribution in [0.15, 0.2) is 0 Å². The average molecular weight is 202 g/mol. The molecule has 1 heterocycles. The first-order chi connectivity index (χ1) is 6.80. The molecule has 0 spiro atoms. The molecule has 0 atom stereocenters. The molecule has 0 amide bonds. The highest BCUT2D eigenvalue weighted by Gasteiger charge is 2.18. The van der Waals surface area contributed by atoms with Crippen molar-refractivity contribution in [1.29, 1.82) is 0 Å². The Hall–Kier alpha value is -0.160. The zero-order valence-corrected chi connectivity index (χ0v) is 9.02. The van der Waals surface area contributed by atoms with E-state index >= 15 is 0 Å². The fraction of sp³-hybridized carbons (Fsp3) is 1.00. The predicted molar refractivity (Wildman–Crippen MR) is 56.2 cm³/mol. The number of likely N-dealkylation sites (N-methyl/N-ethyl adjacent to an activating group) is 1. The molecule has 2 N–H and O–H groups in total.